The fourth-order valence-corrected chi connectivity index (χ4v) is 2.86. The molecule has 3 aromatic carbocycles. The summed E-state index contributed by atoms with van der Waals surface area (Å²) in [5.74, 6) is 0.0614. The number of rotatable bonds is 9. The van der Waals surface area contributed by atoms with Crippen molar-refractivity contribution in [2.45, 2.75) is 25.7 Å². The third-order valence-corrected chi connectivity index (χ3v) is 4.27. The van der Waals surface area contributed by atoms with Gasteiger partial charge in [0.05, 0.1) is 6.42 Å². The third kappa shape index (κ3) is 5.34. The topological polar surface area (TPSA) is 81.8 Å². The second-order valence-electron chi connectivity index (χ2n) is 6.43. The van der Waals surface area contributed by atoms with Crippen LogP contribution in [-0.2, 0) is 18.0 Å². The van der Waals surface area contributed by atoms with Gasteiger partial charge < -0.3 is 20.3 Å². The van der Waals surface area contributed by atoms with E-state index in [1.165, 1.54) is 0 Å². The van der Waals surface area contributed by atoms with E-state index >= 15 is 0 Å². The molecule has 0 fully saturated rings. The highest BCUT2D eigenvalue weighted by Crippen LogP contribution is 2.36. The first-order valence-electron chi connectivity index (χ1n) is 9.07. The first kappa shape index (κ1) is 19.5. The fourth-order valence-electron chi connectivity index (χ4n) is 2.86. The number of carboxylic acids is 1. The summed E-state index contributed by atoms with van der Waals surface area (Å²) in [6, 6.07) is 24.2. The fraction of sp³-hybridized carbons (Fsp3) is 0.174. The monoisotopic (exact) mass is 377 g/mol. The summed E-state index contributed by atoms with van der Waals surface area (Å²) in [6.07, 6.45) is -0.191. The molecule has 3 rings (SSSR count). The highest BCUT2D eigenvalue weighted by molar-refractivity contribution is 5.68. The first-order chi connectivity index (χ1) is 13.6. The molecule has 0 aliphatic carbocycles. The van der Waals surface area contributed by atoms with Gasteiger partial charge in [-0.15, -0.1) is 0 Å². The quantitative estimate of drug-likeness (QED) is 0.580. The number of carboxylic acid groups (broad SMARTS) is 1. The average molecular weight is 377 g/mol. The van der Waals surface area contributed by atoms with E-state index in [0.29, 0.717) is 30.3 Å². The maximum Gasteiger partial charge on any atom is 0.305 e. The number of aliphatic carboxylic acids is 1. The molecule has 5 nitrogen and oxygen atoms in total. The molecule has 0 aliphatic rings. The molecule has 0 amide bonds. The summed E-state index contributed by atoms with van der Waals surface area (Å²) < 4.78 is 12.0. The number of hydrogen-bond donors (Lipinski definition) is 2. The molecule has 0 aromatic heterocycles. The largest absolute Gasteiger partial charge is 0.485 e. The lowest BCUT2D eigenvalue weighted by molar-refractivity contribution is -0.137. The lowest BCUT2D eigenvalue weighted by Crippen LogP contribution is -2.16. The number of carbonyl (C=O) groups is 1. The zero-order chi connectivity index (χ0) is 19.8. The van der Waals surface area contributed by atoms with Crippen LogP contribution in [0.25, 0.3) is 0 Å². The maximum atomic E-state index is 11.1. The molecular weight excluding hydrogens is 354 g/mol. The van der Waals surface area contributed by atoms with E-state index in [2.05, 4.69) is 0 Å². The predicted molar refractivity (Wildman–Crippen MR) is 107 cm³/mol. The van der Waals surface area contributed by atoms with E-state index in [0.717, 1.165) is 11.1 Å². The Morgan fingerprint density at radius 2 is 1.39 bits per heavy atom. The molecule has 1 atom stereocenters. The lowest BCUT2D eigenvalue weighted by atomic mass is 10.0. The van der Waals surface area contributed by atoms with Crippen LogP contribution in [-0.4, -0.2) is 11.1 Å². The van der Waals surface area contributed by atoms with E-state index in [4.69, 9.17) is 20.3 Å². The number of nitrogens with two attached hydrogens (primary N) is 1. The molecule has 0 aliphatic heterocycles. The standard InChI is InChI=1S/C23H23NO4/c24-20(14-22(25)26)19-12-7-13-21(27-15-17-8-3-1-4-9-17)23(19)28-16-18-10-5-2-6-11-18/h1-13,20H,14-16,24H2,(H,25,26). The Balaban J connectivity index is 1.85. The molecule has 0 spiro atoms. The number of ether oxygens (including phenoxy) is 2. The minimum Gasteiger partial charge on any atom is -0.485 e. The highest BCUT2D eigenvalue weighted by atomic mass is 16.5. The zero-order valence-corrected chi connectivity index (χ0v) is 15.5. The minimum atomic E-state index is -0.961. The third-order valence-electron chi connectivity index (χ3n) is 4.27. The van der Waals surface area contributed by atoms with Crippen LogP contribution in [0.5, 0.6) is 11.5 Å². The molecule has 3 N–H and O–H groups in total. The van der Waals surface area contributed by atoms with Crippen LogP contribution < -0.4 is 15.2 Å². The molecule has 0 radical (unpaired) electrons. The Labute approximate surface area is 164 Å². The van der Waals surface area contributed by atoms with Crippen molar-refractivity contribution in [2.24, 2.45) is 5.73 Å². The molecule has 144 valence electrons. The Kier molecular flexibility index (Phi) is 6.65. The van der Waals surface area contributed by atoms with Gasteiger partial charge in [0.1, 0.15) is 13.2 Å². The zero-order valence-electron chi connectivity index (χ0n) is 15.5. The van der Waals surface area contributed by atoms with Crippen LogP contribution in [0.15, 0.2) is 78.9 Å². The van der Waals surface area contributed by atoms with Crippen molar-refractivity contribution in [1.82, 2.24) is 0 Å². The number of benzene rings is 3. The second-order valence-corrected chi connectivity index (χ2v) is 6.43. The summed E-state index contributed by atoms with van der Waals surface area (Å²) in [4.78, 5) is 11.1. The van der Waals surface area contributed by atoms with Crippen molar-refractivity contribution in [3.8, 4) is 11.5 Å². The van der Waals surface area contributed by atoms with Crippen molar-refractivity contribution in [1.29, 1.82) is 0 Å². The second kappa shape index (κ2) is 9.58. The number of hydrogen-bond acceptors (Lipinski definition) is 4. The van der Waals surface area contributed by atoms with Gasteiger partial charge in [0.2, 0.25) is 0 Å². The average Bonchev–Trinajstić information content (AvgIpc) is 2.72. The Bertz CT molecular complexity index is 897. The van der Waals surface area contributed by atoms with Crippen molar-refractivity contribution in [3.63, 3.8) is 0 Å². The Morgan fingerprint density at radius 1 is 0.821 bits per heavy atom. The normalized spacial score (nSPS) is 11.6. The molecular formula is C23H23NO4. The van der Waals surface area contributed by atoms with Gasteiger partial charge in [0.25, 0.3) is 0 Å². The molecule has 0 saturated carbocycles. The van der Waals surface area contributed by atoms with Crippen LogP contribution in [0.2, 0.25) is 0 Å². The minimum absolute atomic E-state index is 0.191. The molecule has 3 aromatic rings. The Morgan fingerprint density at radius 3 is 1.96 bits per heavy atom. The van der Waals surface area contributed by atoms with Crippen LogP contribution in [0.3, 0.4) is 0 Å². The van der Waals surface area contributed by atoms with Gasteiger partial charge in [-0.05, 0) is 17.2 Å². The van der Waals surface area contributed by atoms with Gasteiger partial charge in [-0.2, -0.15) is 0 Å². The number of para-hydroxylation sites is 1. The Hall–Kier alpha value is -3.31. The van der Waals surface area contributed by atoms with Crippen LogP contribution >= 0.6 is 0 Å². The molecule has 1 unspecified atom stereocenters. The predicted octanol–water partition coefficient (Wildman–Crippen LogP) is 4.32. The highest BCUT2D eigenvalue weighted by Gasteiger charge is 2.19. The molecule has 0 saturated heterocycles. The van der Waals surface area contributed by atoms with E-state index in [9.17, 15) is 4.79 Å². The van der Waals surface area contributed by atoms with Crippen molar-refractivity contribution >= 4 is 5.97 Å². The summed E-state index contributed by atoms with van der Waals surface area (Å²) in [5, 5.41) is 9.11. The van der Waals surface area contributed by atoms with E-state index in [-0.39, 0.29) is 6.42 Å². The molecule has 28 heavy (non-hydrogen) atoms. The van der Waals surface area contributed by atoms with Gasteiger partial charge >= 0.3 is 5.97 Å². The summed E-state index contributed by atoms with van der Waals surface area (Å²) >= 11 is 0. The lowest BCUT2D eigenvalue weighted by Gasteiger charge is -2.19. The van der Waals surface area contributed by atoms with Crippen molar-refractivity contribution in [3.05, 3.63) is 95.6 Å². The smallest absolute Gasteiger partial charge is 0.305 e. The van der Waals surface area contributed by atoms with E-state index in [1.54, 1.807) is 18.2 Å². The van der Waals surface area contributed by atoms with Crippen molar-refractivity contribution < 1.29 is 19.4 Å². The van der Waals surface area contributed by atoms with Gasteiger partial charge in [0.15, 0.2) is 11.5 Å². The SMILES string of the molecule is NC(CC(=O)O)c1cccc(OCc2ccccc2)c1OCc1ccccc1. The summed E-state index contributed by atoms with van der Waals surface area (Å²) in [5.41, 5.74) is 8.76. The van der Waals surface area contributed by atoms with E-state index < -0.39 is 12.0 Å². The van der Waals surface area contributed by atoms with Crippen LogP contribution in [0.1, 0.15) is 29.2 Å². The van der Waals surface area contributed by atoms with Crippen molar-refractivity contribution in [2.75, 3.05) is 0 Å². The maximum absolute atomic E-state index is 11.1. The van der Waals surface area contributed by atoms with Crippen LogP contribution in [0.4, 0.5) is 0 Å². The van der Waals surface area contributed by atoms with Gasteiger partial charge in [-0.1, -0.05) is 72.8 Å². The molecule has 0 heterocycles. The van der Waals surface area contributed by atoms with Gasteiger partial charge in [-0.3, -0.25) is 4.79 Å². The summed E-state index contributed by atoms with van der Waals surface area (Å²) in [6.45, 7) is 0.708. The molecule has 5 heteroatoms. The van der Waals surface area contributed by atoms with E-state index in [1.807, 2.05) is 60.7 Å². The summed E-state index contributed by atoms with van der Waals surface area (Å²) in [7, 11) is 0. The first-order valence-corrected chi connectivity index (χ1v) is 9.07. The van der Waals surface area contributed by atoms with Gasteiger partial charge in [-0.25, -0.2) is 0 Å². The van der Waals surface area contributed by atoms with Gasteiger partial charge in [0, 0.05) is 11.6 Å². The van der Waals surface area contributed by atoms with Crippen LogP contribution in [0, 0.1) is 0 Å². The molecule has 0 bridgehead atoms.